The van der Waals surface area contributed by atoms with Gasteiger partial charge < -0.3 is 9.64 Å². The summed E-state index contributed by atoms with van der Waals surface area (Å²) in [5.74, 6) is 0.162. The Bertz CT molecular complexity index is 391. The van der Waals surface area contributed by atoms with Crippen LogP contribution >= 0.6 is 0 Å². The van der Waals surface area contributed by atoms with Gasteiger partial charge in [0.25, 0.3) is 0 Å². The van der Waals surface area contributed by atoms with E-state index in [2.05, 4.69) is 25.3 Å². The zero-order valence-corrected chi connectivity index (χ0v) is 10.7. The number of rotatable bonds is 5. The Balaban J connectivity index is 2.74. The van der Waals surface area contributed by atoms with Crippen molar-refractivity contribution < 1.29 is 9.53 Å². The first kappa shape index (κ1) is 13.3. The molecule has 0 aliphatic heterocycles. The maximum Gasteiger partial charge on any atom is 0.338 e. The van der Waals surface area contributed by atoms with E-state index in [9.17, 15) is 4.79 Å². The molecule has 0 aliphatic rings. The van der Waals surface area contributed by atoms with Crippen LogP contribution < -0.4 is 9.64 Å². The van der Waals surface area contributed by atoms with Gasteiger partial charge in [-0.25, -0.2) is 4.79 Å². The summed E-state index contributed by atoms with van der Waals surface area (Å²) < 4.78 is 5.12. The van der Waals surface area contributed by atoms with Gasteiger partial charge >= 0.3 is 5.97 Å². The van der Waals surface area contributed by atoms with Crippen molar-refractivity contribution in [2.45, 2.75) is 20.8 Å². The van der Waals surface area contributed by atoms with Crippen LogP contribution in [0.25, 0.3) is 0 Å². The number of hydrogen-bond donors (Lipinski definition) is 0. The predicted octanol–water partition coefficient (Wildman–Crippen LogP) is 3.01. The maximum absolute atomic E-state index is 11.3. The summed E-state index contributed by atoms with van der Waals surface area (Å²) in [6.45, 7) is 11.3. The SMILES string of the molecule is C=C(C)C(=O)Oc1ccc(N(CC)CC)cc1. The molecule has 1 rings (SSSR count). The number of anilines is 1. The Labute approximate surface area is 103 Å². The van der Waals surface area contributed by atoms with E-state index < -0.39 is 0 Å². The summed E-state index contributed by atoms with van der Waals surface area (Å²) in [6.07, 6.45) is 0. The molecular weight excluding hydrogens is 214 g/mol. The van der Waals surface area contributed by atoms with Gasteiger partial charge in [0.05, 0.1) is 0 Å². The first-order valence-electron chi connectivity index (χ1n) is 5.81. The first-order valence-corrected chi connectivity index (χ1v) is 5.81. The minimum atomic E-state index is -0.388. The number of benzene rings is 1. The Hall–Kier alpha value is -1.77. The third-order valence-corrected chi connectivity index (χ3v) is 2.52. The molecule has 0 N–H and O–H groups in total. The predicted molar refractivity (Wildman–Crippen MR) is 70.5 cm³/mol. The normalized spacial score (nSPS) is 9.82. The van der Waals surface area contributed by atoms with Crippen LogP contribution in [-0.4, -0.2) is 19.1 Å². The van der Waals surface area contributed by atoms with E-state index in [0.717, 1.165) is 18.8 Å². The van der Waals surface area contributed by atoms with E-state index >= 15 is 0 Å². The lowest BCUT2D eigenvalue weighted by Crippen LogP contribution is -2.21. The number of carbonyl (C=O) groups is 1. The standard InChI is InChI=1S/C14H19NO2/c1-5-15(6-2)12-7-9-13(10-8-12)17-14(16)11(3)4/h7-10H,3,5-6H2,1-2,4H3. The Morgan fingerprint density at radius 3 is 2.18 bits per heavy atom. The fourth-order valence-corrected chi connectivity index (χ4v) is 1.51. The number of esters is 1. The molecule has 0 fully saturated rings. The van der Waals surface area contributed by atoms with Crippen molar-refractivity contribution in [3.8, 4) is 5.75 Å². The Morgan fingerprint density at radius 1 is 1.24 bits per heavy atom. The number of carbonyl (C=O) groups excluding carboxylic acids is 1. The van der Waals surface area contributed by atoms with Gasteiger partial charge in [-0.2, -0.15) is 0 Å². The van der Waals surface area contributed by atoms with Crippen molar-refractivity contribution in [2.75, 3.05) is 18.0 Å². The van der Waals surface area contributed by atoms with E-state index in [1.54, 1.807) is 19.1 Å². The van der Waals surface area contributed by atoms with Gasteiger partial charge in [-0.3, -0.25) is 0 Å². The molecule has 0 atom stereocenters. The van der Waals surface area contributed by atoms with E-state index in [1.165, 1.54) is 0 Å². The molecule has 0 unspecified atom stereocenters. The molecule has 17 heavy (non-hydrogen) atoms. The molecule has 1 aromatic carbocycles. The Morgan fingerprint density at radius 2 is 1.76 bits per heavy atom. The zero-order valence-electron chi connectivity index (χ0n) is 10.7. The largest absolute Gasteiger partial charge is 0.423 e. The topological polar surface area (TPSA) is 29.5 Å². The molecule has 3 nitrogen and oxygen atoms in total. The average molecular weight is 233 g/mol. The summed E-state index contributed by atoms with van der Waals surface area (Å²) in [5, 5.41) is 0. The lowest BCUT2D eigenvalue weighted by atomic mass is 10.2. The summed E-state index contributed by atoms with van der Waals surface area (Å²) in [5.41, 5.74) is 1.53. The van der Waals surface area contributed by atoms with Crippen molar-refractivity contribution in [1.29, 1.82) is 0 Å². The lowest BCUT2D eigenvalue weighted by molar-refractivity contribution is -0.130. The lowest BCUT2D eigenvalue weighted by Gasteiger charge is -2.20. The van der Waals surface area contributed by atoms with Crippen LogP contribution in [0.1, 0.15) is 20.8 Å². The van der Waals surface area contributed by atoms with Crippen LogP contribution in [0.2, 0.25) is 0 Å². The molecule has 3 heteroatoms. The van der Waals surface area contributed by atoms with Gasteiger partial charge in [0.1, 0.15) is 5.75 Å². The van der Waals surface area contributed by atoms with Crippen LogP contribution in [-0.2, 0) is 4.79 Å². The third kappa shape index (κ3) is 3.63. The minimum absolute atomic E-state index is 0.388. The highest BCUT2D eigenvalue weighted by Gasteiger charge is 2.06. The van der Waals surface area contributed by atoms with Gasteiger partial charge in [-0.15, -0.1) is 0 Å². The molecule has 0 radical (unpaired) electrons. The summed E-state index contributed by atoms with van der Waals surface area (Å²) in [6, 6.07) is 7.51. The van der Waals surface area contributed by atoms with Crippen LogP contribution in [0, 0.1) is 0 Å². The maximum atomic E-state index is 11.3. The second kappa shape index (κ2) is 6.09. The van der Waals surface area contributed by atoms with Gasteiger partial charge in [-0.05, 0) is 45.0 Å². The summed E-state index contributed by atoms with van der Waals surface area (Å²) >= 11 is 0. The van der Waals surface area contributed by atoms with Crippen LogP contribution in [0.5, 0.6) is 5.75 Å². The highest BCUT2D eigenvalue weighted by Crippen LogP contribution is 2.19. The highest BCUT2D eigenvalue weighted by atomic mass is 16.5. The second-order valence-electron chi connectivity index (χ2n) is 3.84. The second-order valence-corrected chi connectivity index (χ2v) is 3.84. The fraction of sp³-hybridized carbons (Fsp3) is 0.357. The molecule has 0 heterocycles. The monoisotopic (exact) mass is 233 g/mol. The molecule has 1 aromatic rings. The minimum Gasteiger partial charge on any atom is -0.423 e. The number of hydrogen-bond acceptors (Lipinski definition) is 3. The van der Waals surface area contributed by atoms with E-state index in [4.69, 9.17) is 4.74 Å². The molecule has 0 saturated carbocycles. The van der Waals surface area contributed by atoms with Gasteiger partial charge in [-0.1, -0.05) is 6.58 Å². The van der Waals surface area contributed by atoms with Crippen molar-refractivity contribution in [3.63, 3.8) is 0 Å². The van der Waals surface area contributed by atoms with Gasteiger partial charge in [0.15, 0.2) is 0 Å². The fourth-order valence-electron chi connectivity index (χ4n) is 1.51. The number of nitrogens with zero attached hydrogens (tertiary/aromatic N) is 1. The van der Waals surface area contributed by atoms with Crippen molar-refractivity contribution >= 4 is 11.7 Å². The zero-order chi connectivity index (χ0) is 12.8. The summed E-state index contributed by atoms with van der Waals surface area (Å²) in [7, 11) is 0. The first-order chi connectivity index (χ1) is 8.08. The smallest absolute Gasteiger partial charge is 0.338 e. The van der Waals surface area contributed by atoms with Crippen molar-refractivity contribution in [3.05, 3.63) is 36.4 Å². The third-order valence-electron chi connectivity index (χ3n) is 2.52. The van der Waals surface area contributed by atoms with E-state index in [-0.39, 0.29) is 5.97 Å². The molecule has 0 aromatic heterocycles. The Kier molecular flexibility index (Phi) is 4.76. The average Bonchev–Trinajstić information content (AvgIpc) is 2.32. The van der Waals surface area contributed by atoms with E-state index in [1.807, 2.05) is 12.1 Å². The highest BCUT2D eigenvalue weighted by molar-refractivity contribution is 5.88. The van der Waals surface area contributed by atoms with Gasteiger partial charge in [0.2, 0.25) is 0 Å². The quantitative estimate of drug-likeness (QED) is 0.445. The van der Waals surface area contributed by atoms with Gasteiger partial charge in [0, 0.05) is 24.4 Å². The van der Waals surface area contributed by atoms with E-state index in [0.29, 0.717) is 11.3 Å². The van der Waals surface area contributed by atoms with Crippen LogP contribution in [0.4, 0.5) is 5.69 Å². The molecule has 0 spiro atoms. The molecule has 0 bridgehead atoms. The molecule has 92 valence electrons. The van der Waals surface area contributed by atoms with Crippen LogP contribution in [0.15, 0.2) is 36.4 Å². The number of ether oxygens (including phenoxy) is 1. The molecular formula is C14H19NO2. The molecule has 0 saturated heterocycles. The summed E-state index contributed by atoms with van der Waals surface area (Å²) in [4.78, 5) is 13.5. The molecule has 0 amide bonds. The van der Waals surface area contributed by atoms with Crippen LogP contribution in [0.3, 0.4) is 0 Å². The van der Waals surface area contributed by atoms with Crippen molar-refractivity contribution in [2.24, 2.45) is 0 Å². The molecule has 0 aliphatic carbocycles. The van der Waals surface area contributed by atoms with Crippen molar-refractivity contribution in [1.82, 2.24) is 0 Å².